The number of rotatable bonds is 5. The van der Waals surface area contributed by atoms with Crippen molar-refractivity contribution in [3.63, 3.8) is 0 Å². The molecule has 0 bridgehead atoms. The summed E-state index contributed by atoms with van der Waals surface area (Å²) in [5.41, 5.74) is 1.01. The molecular weight excluding hydrogens is 381 g/mol. The highest BCUT2D eigenvalue weighted by molar-refractivity contribution is 14.1. The number of halogens is 1. The average Bonchev–Trinajstić information content (AvgIpc) is 2.54. The van der Waals surface area contributed by atoms with Crippen LogP contribution in [-0.4, -0.2) is 41.7 Å². The molecule has 0 radical (unpaired) electrons. The topological polar surface area (TPSA) is 38.8 Å². The molecule has 1 saturated heterocycles. The molecule has 1 fully saturated rings. The van der Waals surface area contributed by atoms with Crippen LogP contribution in [0.4, 0.5) is 4.79 Å². The second kappa shape index (κ2) is 8.58. The summed E-state index contributed by atoms with van der Waals surface area (Å²) in [6.07, 6.45) is 2.01. The lowest BCUT2D eigenvalue weighted by atomic mass is 9.91. The van der Waals surface area contributed by atoms with Crippen LogP contribution < -0.4 is 0 Å². The normalized spacial score (nSPS) is 22.1. The van der Waals surface area contributed by atoms with Gasteiger partial charge < -0.3 is 14.4 Å². The van der Waals surface area contributed by atoms with Crippen LogP contribution in [0.1, 0.15) is 18.4 Å². The summed E-state index contributed by atoms with van der Waals surface area (Å²) in [6, 6.07) is 9.75. The third-order valence-electron chi connectivity index (χ3n) is 3.94. The first kappa shape index (κ1) is 16.5. The van der Waals surface area contributed by atoms with Crippen LogP contribution in [-0.2, 0) is 16.1 Å². The fourth-order valence-corrected chi connectivity index (χ4v) is 3.48. The molecule has 21 heavy (non-hydrogen) atoms. The Bertz CT molecular complexity index is 440. The van der Waals surface area contributed by atoms with Crippen LogP contribution in [0.15, 0.2) is 30.3 Å². The zero-order chi connectivity index (χ0) is 15.1. The number of piperidine rings is 1. The predicted octanol–water partition coefficient (Wildman–Crippen LogP) is 3.49. The van der Waals surface area contributed by atoms with Crippen molar-refractivity contribution in [1.29, 1.82) is 0 Å². The highest BCUT2D eigenvalue weighted by atomic mass is 127. The lowest BCUT2D eigenvalue weighted by molar-refractivity contribution is -0.0134. The molecule has 1 aromatic carbocycles. The van der Waals surface area contributed by atoms with Gasteiger partial charge in [-0.25, -0.2) is 4.79 Å². The van der Waals surface area contributed by atoms with Gasteiger partial charge in [0.25, 0.3) is 0 Å². The Kier molecular flexibility index (Phi) is 6.76. The van der Waals surface area contributed by atoms with Gasteiger partial charge in [0.15, 0.2) is 0 Å². The molecule has 1 aliphatic heterocycles. The number of benzene rings is 1. The van der Waals surface area contributed by atoms with Crippen molar-refractivity contribution in [3.8, 4) is 0 Å². The third-order valence-corrected chi connectivity index (χ3v) is 4.56. The van der Waals surface area contributed by atoms with Gasteiger partial charge in [-0.1, -0.05) is 52.9 Å². The van der Waals surface area contributed by atoms with E-state index in [9.17, 15) is 4.79 Å². The molecule has 2 rings (SSSR count). The van der Waals surface area contributed by atoms with Gasteiger partial charge in [-0.15, -0.1) is 0 Å². The second-order valence-electron chi connectivity index (χ2n) is 5.29. The van der Waals surface area contributed by atoms with E-state index in [1.165, 1.54) is 0 Å². The number of carbonyl (C=O) groups excluding carboxylic acids is 1. The van der Waals surface area contributed by atoms with Crippen LogP contribution in [0.2, 0.25) is 0 Å². The predicted molar refractivity (Wildman–Crippen MR) is 90.6 cm³/mol. The van der Waals surface area contributed by atoms with Crippen LogP contribution in [0.3, 0.4) is 0 Å². The van der Waals surface area contributed by atoms with E-state index in [-0.39, 0.29) is 12.2 Å². The summed E-state index contributed by atoms with van der Waals surface area (Å²) in [5, 5.41) is 0. The van der Waals surface area contributed by atoms with Gasteiger partial charge in [-0.3, -0.25) is 0 Å². The van der Waals surface area contributed by atoms with E-state index < -0.39 is 0 Å². The molecule has 0 aliphatic carbocycles. The van der Waals surface area contributed by atoms with Gasteiger partial charge in [0.2, 0.25) is 0 Å². The van der Waals surface area contributed by atoms with E-state index in [0.29, 0.717) is 19.1 Å². The van der Waals surface area contributed by atoms with Gasteiger partial charge in [0.1, 0.15) is 6.61 Å². The van der Waals surface area contributed by atoms with E-state index in [2.05, 4.69) is 22.6 Å². The average molecular weight is 403 g/mol. The van der Waals surface area contributed by atoms with Crippen molar-refractivity contribution < 1.29 is 14.3 Å². The van der Waals surface area contributed by atoms with Crippen LogP contribution in [0.25, 0.3) is 0 Å². The Hall–Kier alpha value is -0.820. The highest BCUT2D eigenvalue weighted by Crippen LogP contribution is 2.24. The zero-order valence-electron chi connectivity index (χ0n) is 12.3. The Morgan fingerprint density at radius 1 is 1.38 bits per heavy atom. The first-order valence-corrected chi connectivity index (χ1v) is 8.81. The molecule has 0 aromatic heterocycles. The van der Waals surface area contributed by atoms with Gasteiger partial charge in [0.05, 0.1) is 12.6 Å². The maximum atomic E-state index is 12.1. The van der Waals surface area contributed by atoms with Gasteiger partial charge in [-0.05, 0) is 28.8 Å². The van der Waals surface area contributed by atoms with Gasteiger partial charge in [0, 0.05) is 13.7 Å². The van der Waals surface area contributed by atoms with Gasteiger partial charge >= 0.3 is 6.09 Å². The molecule has 0 spiro atoms. The maximum absolute atomic E-state index is 12.1. The molecule has 1 amide bonds. The first-order chi connectivity index (χ1) is 10.2. The van der Waals surface area contributed by atoms with Crippen LogP contribution >= 0.6 is 22.6 Å². The minimum Gasteiger partial charge on any atom is -0.445 e. The number of hydrogen-bond acceptors (Lipinski definition) is 3. The van der Waals surface area contributed by atoms with Gasteiger partial charge in [-0.2, -0.15) is 0 Å². The van der Waals surface area contributed by atoms with E-state index in [1.54, 1.807) is 12.0 Å². The molecular formula is C16H22INO3. The molecule has 4 nitrogen and oxygen atoms in total. The minimum absolute atomic E-state index is 0.123. The summed E-state index contributed by atoms with van der Waals surface area (Å²) >= 11 is 2.39. The van der Waals surface area contributed by atoms with Crippen molar-refractivity contribution in [1.82, 2.24) is 4.90 Å². The lowest BCUT2D eigenvalue weighted by Gasteiger charge is -2.37. The fourth-order valence-electron chi connectivity index (χ4n) is 2.68. The highest BCUT2D eigenvalue weighted by Gasteiger charge is 2.31. The summed E-state index contributed by atoms with van der Waals surface area (Å²) < 4.78 is 12.1. The quantitative estimate of drug-likeness (QED) is 0.558. The largest absolute Gasteiger partial charge is 0.445 e. The minimum atomic E-state index is -0.242. The molecule has 2 unspecified atom stereocenters. The molecule has 0 N–H and O–H groups in total. The van der Waals surface area contributed by atoms with Crippen molar-refractivity contribution in [2.45, 2.75) is 25.6 Å². The van der Waals surface area contributed by atoms with Crippen molar-refractivity contribution in [2.24, 2.45) is 5.92 Å². The third kappa shape index (κ3) is 4.85. The Balaban J connectivity index is 1.83. The molecule has 116 valence electrons. The molecule has 2 atom stereocenters. The van der Waals surface area contributed by atoms with E-state index in [1.807, 2.05) is 30.3 Å². The molecule has 5 heteroatoms. The van der Waals surface area contributed by atoms with E-state index >= 15 is 0 Å². The fraction of sp³-hybridized carbons (Fsp3) is 0.562. The molecule has 1 aliphatic rings. The number of nitrogens with zero attached hydrogens (tertiary/aromatic N) is 1. The number of likely N-dealkylation sites (tertiary alicyclic amines) is 1. The molecule has 1 aromatic rings. The Morgan fingerprint density at radius 2 is 2.14 bits per heavy atom. The zero-order valence-corrected chi connectivity index (χ0v) is 14.5. The number of hydrogen-bond donors (Lipinski definition) is 0. The van der Waals surface area contributed by atoms with Crippen molar-refractivity contribution in [3.05, 3.63) is 35.9 Å². The number of methoxy groups -OCH3 is 1. The van der Waals surface area contributed by atoms with Crippen LogP contribution in [0.5, 0.6) is 0 Å². The second-order valence-corrected chi connectivity index (χ2v) is 6.37. The summed E-state index contributed by atoms with van der Waals surface area (Å²) in [4.78, 5) is 13.9. The number of amides is 1. The maximum Gasteiger partial charge on any atom is 0.410 e. The summed E-state index contributed by atoms with van der Waals surface area (Å²) in [6.45, 7) is 1.71. The Morgan fingerprint density at radius 3 is 2.81 bits per heavy atom. The number of alkyl halides is 1. The van der Waals surface area contributed by atoms with Crippen molar-refractivity contribution in [2.75, 3.05) is 24.6 Å². The number of ether oxygens (including phenoxy) is 2. The van der Waals surface area contributed by atoms with Crippen molar-refractivity contribution >= 4 is 28.7 Å². The van der Waals surface area contributed by atoms with E-state index in [0.717, 1.165) is 29.4 Å². The number of carbonyl (C=O) groups is 1. The molecule has 1 heterocycles. The SMILES string of the molecule is COC1CN(C(=O)OCc2ccccc2)CCC1CCI. The standard InChI is InChI=1S/C16H22INO3/c1-20-15-11-18(10-8-14(15)7-9-17)16(19)21-12-13-5-3-2-4-6-13/h2-6,14-15H,7-12H2,1H3. The monoisotopic (exact) mass is 403 g/mol. The smallest absolute Gasteiger partial charge is 0.410 e. The Labute approximate surface area is 139 Å². The first-order valence-electron chi connectivity index (χ1n) is 7.29. The summed E-state index contributed by atoms with van der Waals surface area (Å²) in [7, 11) is 1.73. The summed E-state index contributed by atoms with van der Waals surface area (Å²) in [5.74, 6) is 0.546. The lowest BCUT2D eigenvalue weighted by Crippen LogP contribution is -2.47. The van der Waals surface area contributed by atoms with Crippen LogP contribution in [0, 0.1) is 5.92 Å². The van der Waals surface area contributed by atoms with E-state index in [4.69, 9.17) is 9.47 Å². The molecule has 0 saturated carbocycles.